The maximum Gasteiger partial charge on any atom is 0.254 e. The average Bonchev–Trinajstić information content (AvgIpc) is 2.76. The molecule has 0 amide bonds. The molecule has 0 saturated carbocycles. The number of hydrogen-bond donors (Lipinski definition) is 0. The van der Waals surface area contributed by atoms with E-state index >= 15 is 0 Å². The van der Waals surface area contributed by atoms with E-state index in [1.54, 1.807) is 16.9 Å². The van der Waals surface area contributed by atoms with Gasteiger partial charge in [0.1, 0.15) is 6.33 Å². The molecule has 0 fully saturated rings. The summed E-state index contributed by atoms with van der Waals surface area (Å²) in [5, 5.41) is 8.33. The molecule has 0 saturated heterocycles. The summed E-state index contributed by atoms with van der Waals surface area (Å²) in [6.45, 7) is 0. The minimum atomic E-state index is 0.579. The number of halogens is 1. The van der Waals surface area contributed by atoms with Crippen molar-refractivity contribution in [2.75, 3.05) is 0 Å². The standard InChI is InChI=1S/C11H7ClN4/c12-10-4-2-1-3-9(10)8-5-13-11-15-14-7-16(11)6-8/h1-7H. The molecule has 1 aromatic carbocycles. The van der Waals surface area contributed by atoms with Crippen molar-refractivity contribution in [1.82, 2.24) is 19.6 Å². The van der Waals surface area contributed by atoms with E-state index in [-0.39, 0.29) is 0 Å². The topological polar surface area (TPSA) is 43.1 Å². The van der Waals surface area contributed by atoms with Crippen molar-refractivity contribution in [3.8, 4) is 11.1 Å². The van der Waals surface area contributed by atoms with Gasteiger partial charge < -0.3 is 0 Å². The molecule has 0 unspecified atom stereocenters. The second-order valence-corrected chi connectivity index (χ2v) is 3.77. The fraction of sp³-hybridized carbons (Fsp3) is 0. The summed E-state index contributed by atoms with van der Waals surface area (Å²) in [6.07, 6.45) is 5.26. The van der Waals surface area contributed by atoms with Crippen LogP contribution in [0.3, 0.4) is 0 Å². The summed E-state index contributed by atoms with van der Waals surface area (Å²) in [4.78, 5) is 4.19. The fourth-order valence-corrected chi connectivity index (χ4v) is 1.81. The van der Waals surface area contributed by atoms with Gasteiger partial charge in [-0.15, -0.1) is 10.2 Å². The highest BCUT2D eigenvalue weighted by Crippen LogP contribution is 2.26. The van der Waals surface area contributed by atoms with Crippen molar-refractivity contribution in [2.24, 2.45) is 0 Å². The van der Waals surface area contributed by atoms with Gasteiger partial charge in [0.15, 0.2) is 0 Å². The van der Waals surface area contributed by atoms with E-state index in [1.165, 1.54) is 0 Å². The zero-order valence-electron chi connectivity index (χ0n) is 8.21. The van der Waals surface area contributed by atoms with E-state index < -0.39 is 0 Å². The van der Waals surface area contributed by atoms with Crippen LogP contribution in [0.1, 0.15) is 0 Å². The van der Waals surface area contributed by atoms with Crippen LogP contribution in [0.2, 0.25) is 5.02 Å². The number of nitrogens with zero attached hydrogens (tertiary/aromatic N) is 4. The van der Waals surface area contributed by atoms with Crippen LogP contribution in [0, 0.1) is 0 Å². The Hall–Kier alpha value is -1.94. The van der Waals surface area contributed by atoms with Gasteiger partial charge in [0, 0.05) is 28.5 Å². The maximum absolute atomic E-state index is 6.12. The predicted molar refractivity (Wildman–Crippen MR) is 61.2 cm³/mol. The first-order valence-corrected chi connectivity index (χ1v) is 5.13. The highest BCUT2D eigenvalue weighted by atomic mass is 35.5. The van der Waals surface area contributed by atoms with Gasteiger partial charge in [0.05, 0.1) is 0 Å². The van der Waals surface area contributed by atoms with Crippen LogP contribution in [0.25, 0.3) is 16.9 Å². The molecule has 0 N–H and O–H groups in total. The molecule has 0 aliphatic rings. The molecule has 0 radical (unpaired) electrons. The molecule has 3 aromatic rings. The van der Waals surface area contributed by atoms with Crippen LogP contribution in [0.4, 0.5) is 0 Å². The summed E-state index contributed by atoms with van der Waals surface area (Å²) >= 11 is 6.12. The van der Waals surface area contributed by atoms with Crippen molar-refractivity contribution in [3.05, 3.63) is 48.0 Å². The Labute approximate surface area is 96.5 Å². The number of rotatable bonds is 1. The zero-order chi connectivity index (χ0) is 11.0. The van der Waals surface area contributed by atoms with Crippen LogP contribution in [-0.4, -0.2) is 19.6 Å². The van der Waals surface area contributed by atoms with Gasteiger partial charge in [-0.05, 0) is 6.07 Å². The average molecular weight is 231 g/mol. The molecule has 2 heterocycles. The first kappa shape index (κ1) is 9.30. The number of aromatic nitrogens is 4. The Morgan fingerprint density at radius 1 is 1.19 bits per heavy atom. The number of benzene rings is 1. The molecule has 0 spiro atoms. The lowest BCUT2D eigenvalue weighted by atomic mass is 10.1. The van der Waals surface area contributed by atoms with Gasteiger partial charge >= 0.3 is 0 Å². The van der Waals surface area contributed by atoms with Gasteiger partial charge in [0.2, 0.25) is 0 Å². The smallest absolute Gasteiger partial charge is 0.254 e. The second kappa shape index (κ2) is 3.57. The zero-order valence-corrected chi connectivity index (χ0v) is 8.96. The molecular weight excluding hydrogens is 224 g/mol. The van der Waals surface area contributed by atoms with Crippen LogP contribution in [0.5, 0.6) is 0 Å². The molecule has 0 aliphatic heterocycles. The fourth-order valence-electron chi connectivity index (χ4n) is 1.56. The summed E-state index contributed by atoms with van der Waals surface area (Å²) in [5.41, 5.74) is 1.89. The van der Waals surface area contributed by atoms with Crippen LogP contribution >= 0.6 is 11.6 Å². The quantitative estimate of drug-likeness (QED) is 0.645. The van der Waals surface area contributed by atoms with Crippen molar-refractivity contribution in [2.45, 2.75) is 0 Å². The van der Waals surface area contributed by atoms with E-state index in [4.69, 9.17) is 11.6 Å². The first-order valence-electron chi connectivity index (χ1n) is 4.75. The molecule has 3 rings (SSSR count). The molecule has 78 valence electrons. The largest absolute Gasteiger partial charge is 0.272 e. The lowest BCUT2D eigenvalue weighted by Gasteiger charge is -2.03. The van der Waals surface area contributed by atoms with Crippen molar-refractivity contribution >= 4 is 17.4 Å². The SMILES string of the molecule is Clc1ccccc1-c1cnc2nncn2c1. The summed E-state index contributed by atoms with van der Waals surface area (Å²) in [5.74, 6) is 0.579. The monoisotopic (exact) mass is 230 g/mol. The molecule has 5 heteroatoms. The maximum atomic E-state index is 6.12. The van der Waals surface area contributed by atoms with E-state index in [0.29, 0.717) is 10.8 Å². The van der Waals surface area contributed by atoms with E-state index in [1.807, 2.05) is 30.5 Å². The highest BCUT2D eigenvalue weighted by Gasteiger charge is 2.04. The summed E-state index contributed by atoms with van der Waals surface area (Å²) in [6, 6.07) is 7.65. The molecule has 4 nitrogen and oxygen atoms in total. The predicted octanol–water partition coefficient (Wildman–Crippen LogP) is 2.44. The van der Waals surface area contributed by atoms with Crippen molar-refractivity contribution in [1.29, 1.82) is 0 Å². The van der Waals surface area contributed by atoms with Crippen LogP contribution < -0.4 is 0 Å². The molecule has 2 aromatic heterocycles. The van der Waals surface area contributed by atoms with Gasteiger partial charge in [-0.1, -0.05) is 29.8 Å². The minimum absolute atomic E-state index is 0.579. The van der Waals surface area contributed by atoms with Gasteiger partial charge in [-0.25, -0.2) is 4.98 Å². The van der Waals surface area contributed by atoms with Crippen LogP contribution in [0.15, 0.2) is 43.0 Å². The molecule has 0 bridgehead atoms. The van der Waals surface area contributed by atoms with Crippen molar-refractivity contribution < 1.29 is 0 Å². The third-order valence-corrected chi connectivity index (χ3v) is 2.67. The minimum Gasteiger partial charge on any atom is -0.272 e. The van der Waals surface area contributed by atoms with Gasteiger partial charge in [-0.2, -0.15) is 0 Å². The Balaban J connectivity index is 2.22. The third kappa shape index (κ3) is 1.44. The number of hydrogen-bond acceptors (Lipinski definition) is 3. The van der Waals surface area contributed by atoms with Crippen molar-refractivity contribution in [3.63, 3.8) is 0 Å². The molecule has 16 heavy (non-hydrogen) atoms. The third-order valence-electron chi connectivity index (χ3n) is 2.34. The Morgan fingerprint density at radius 2 is 2.06 bits per heavy atom. The normalized spacial score (nSPS) is 10.8. The molecular formula is C11H7ClN4. The Bertz CT molecular complexity index is 647. The van der Waals surface area contributed by atoms with E-state index in [2.05, 4.69) is 15.2 Å². The lowest BCUT2D eigenvalue weighted by molar-refractivity contribution is 1.10. The molecule has 0 atom stereocenters. The molecule has 0 aliphatic carbocycles. The lowest BCUT2D eigenvalue weighted by Crippen LogP contribution is -1.89. The van der Waals surface area contributed by atoms with Crippen LogP contribution in [-0.2, 0) is 0 Å². The van der Waals surface area contributed by atoms with Gasteiger partial charge in [-0.3, -0.25) is 4.40 Å². The highest BCUT2D eigenvalue weighted by molar-refractivity contribution is 6.33. The second-order valence-electron chi connectivity index (χ2n) is 3.36. The van der Waals surface area contributed by atoms with Gasteiger partial charge in [0.25, 0.3) is 5.78 Å². The Kier molecular flexibility index (Phi) is 2.08. The summed E-state index contributed by atoms with van der Waals surface area (Å²) < 4.78 is 1.76. The Morgan fingerprint density at radius 3 is 2.94 bits per heavy atom. The first-order chi connectivity index (χ1) is 7.84. The number of fused-ring (bicyclic) bond motifs is 1. The summed E-state index contributed by atoms with van der Waals surface area (Å²) in [7, 11) is 0. The van der Waals surface area contributed by atoms with E-state index in [0.717, 1.165) is 11.1 Å². The van der Waals surface area contributed by atoms with E-state index in [9.17, 15) is 0 Å².